The molecule has 2 aromatic rings. The molecule has 6 heteroatoms. The van der Waals surface area contributed by atoms with E-state index in [4.69, 9.17) is 4.74 Å². The summed E-state index contributed by atoms with van der Waals surface area (Å²) in [6, 6.07) is 9.01. The molecule has 29 heavy (non-hydrogen) atoms. The molecule has 0 aliphatic carbocycles. The second kappa shape index (κ2) is 8.17. The Morgan fingerprint density at radius 3 is 2.55 bits per heavy atom. The zero-order valence-corrected chi connectivity index (χ0v) is 16.6. The van der Waals surface area contributed by atoms with Crippen LogP contribution in [0.25, 0.3) is 6.08 Å². The van der Waals surface area contributed by atoms with E-state index in [9.17, 15) is 18.7 Å². The van der Waals surface area contributed by atoms with E-state index in [1.54, 1.807) is 44.3 Å². The van der Waals surface area contributed by atoms with Crippen molar-refractivity contribution in [3.8, 4) is 5.75 Å². The molecule has 1 N–H and O–H groups in total. The number of aliphatic hydroxyl groups is 1. The summed E-state index contributed by atoms with van der Waals surface area (Å²) in [5, 5.41) is 9.79. The average Bonchev–Trinajstić information content (AvgIpc) is 2.63. The van der Waals surface area contributed by atoms with Crippen LogP contribution in [0.15, 0.2) is 54.2 Å². The van der Waals surface area contributed by atoms with Gasteiger partial charge in [-0.1, -0.05) is 12.1 Å². The first-order chi connectivity index (χ1) is 13.6. The van der Waals surface area contributed by atoms with E-state index in [2.05, 4.69) is 0 Å². The number of carbonyl (C=O) groups is 1. The lowest BCUT2D eigenvalue weighted by molar-refractivity contribution is -0.117. The van der Waals surface area contributed by atoms with Crippen molar-refractivity contribution in [1.82, 2.24) is 0 Å². The molecule has 0 atom stereocenters. The predicted molar refractivity (Wildman–Crippen MR) is 109 cm³/mol. The van der Waals surface area contributed by atoms with Crippen LogP contribution < -0.4 is 9.64 Å². The van der Waals surface area contributed by atoms with Crippen LogP contribution in [0.3, 0.4) is 0 Å². The van der Waals surface area contributed by atoms with Gasteiger partial charge in [0.25, 0.3) is 0 Å². The van der Waals surface area contributed by atoms with E-state index in [1.807, 2.05) is 13.0 Å². The summed E-state index contributed by atoms with van der Waals surface area (Å²) in [5.41, 5.74) is 1.81. The number of allylic oxidation sites excluding steroid dienone is 1. The van der Waals surface area contributed by atoms with Crippen LogP contribution in [0.4, 0.5) is 14.5 Å². The summed E-state index contributed by atoms with van der Waals surface area (Å²) < 4.78 is 32.1. The Hall–Kier alpha value is -2.99. The van der Waals surface area contributed by atoms with Crippen molar-refractivity contribution in [3.63, 3.8) is 0 Å². The molecule has 0 aromatic heterocycles. The maximum absolute atomic E-state index is 13.4. The Balaban J connectivity index is 1.76. The minimum Gasteiger partial charge on any atom is -0.490 e. The average molecular weight is 399 g/mol. The molecule has 0 saturated carbocycles. The second-order valence-electron chi connectivity index (χ2n) is 7.70. The summed E-state index contributed by atoms with van der Waals surface area (Å²) in [4.78, 5) is 14.1. The van der Waals surface area contributed by atoms with Crippen molar-refractivity contribution in [3.05, 3.63) is 77.0 Å². The SMILES string of the molecule is Cc1cc(N2C=CC(=Cc3ccc(F)c(F)c3)CC2=O)ccc1OCC(C)(C)O. The Kier molecular flexibility index (Phi) is 5.84. The zero-order chi connectivity index (χ0) is 21.2. The highest BCUT2D eigenvalue weighted by Gasteiger charge is 2.20. The van der Waals surface area contributed by atoms with Crippen LogP contribution in [-0.4, -0.2) is 23.2 Å². The molecule has 1 aliphatic rings. The number of amides is 1. The van der Waals surface area contributed by atoms with Crippen LogP contribution >= 0.6 is 0 Å². The lowest BCUT2D eigenvalue weighted by atomic mass is 10.0. The van der Waals surface area contributed by atoms with Gasteiger partial charge in [-0.2, -0.15) is 0 Å². The van der Waals surface area contributed by atoms with Crippen LogP contribution in [0, 0.1) is 18.6 Å². The summed E-state index contributed by atoms with van der Waals surface area (Å²) >= 11 is 0. The summed E-state index contributed by atoms with van der Waals surface area (Å²) in [6.07, 6.45) is 5.24. The van der Waals surface area contributed by atoms with Gasteiger partial charge in [0.1, 0.15) is 12.4 Å². The largest absolute Gasteiger partial charge is 0.490 e. The van der Waals surface area contributed by atoms with Gasteiger partial charge in [0.05, 0.1) is 12.0 Å². The molecule has 1 aliphatic heterocycles. The van der Waals surface area contributed by atoms with E-state index in [0.29, 0.717) is 22.6 Å². The molecule has 152 valence electrons. The fourth-order valence-corrected chi connectivity index (χ4v) is 2.92. The van der Waals surface area contributed by atoms with Gasteiger partial charge in [-0.25, -0.2) is 8.78 Å². The van der Waals surface area contributed by atoms with Crippen LogP contribution in [0.5, 0.6) is 5.75 Å². The van der Waals surface area contributed by atoms with Gasteiger partial charge in [-0.15, -0.1) is 0 Å². The molecule has 3 rings (SSSR count). The number of ether oxygens (including phenoxy) is 1. The highest BCUT2D eigenvalue weighted by atomic mass is 19.2. The lowest BCUT2D eigenvalue weighted by Crippen LogP contribution is -2.29. The summed E-state index contributed by atoms with van der Waals surface area (Å²) in [7, 11) is 0. The van der Waals surface area contributed by atoms with Gasteiger partial charge in [0.15, 0.2) is 11.6 Å². The number of benzene rings is 2. The van der Waals surface area contributed by atoms with Crippen LogP contribution in [0.1, 0.15) is 31.4 Å². The number of rotatable bonds is 5. The number of carbonyl (C=O) groups excluding carboxylic acids is 1. The molecule has 2 aromatic carbocycles. The molecule has 0 bridgehead atoms. The van der Waals surface area contributed by atoms with E-state index in [0.717, 1.165) is 17.7 Å². The molecule has 1 heterocycles. The minimum atomic E-state index is -0.938. The first-order valence-corrected chi connectivity index (χ1v) is 9.24. The van der Waals surface area contributed by atoms with E-state index in [1.165, 1.54) is 11.0 Å². The molecule has 0 spiro atoms. The molecular formula is C23H23F2NO3. The molecule has 0 unspecified atom stereocenters. The first kappa shape index (κ1) is 20.7. The van der Waals surface area contributed by atoms with Gasteiger partial charge >= 0.3 is 0 Å². The van der Waals surface area contributed by atoms with Crippen molar-refractivity contribution in [2.24, 2.45) is 0 Å². The van der Waals surface area contributed by atoms with Gasteiger partial charge < -0.3 is 9.84 Å². The number of nitrogens with zero attached hydrogens (tertiary/aromatic N) is 1. The van der Waals surface area contributed by atoms with E-state index >= 15 is 0 Å². The normalized spacial score (nSPS) is 15.9. The Labute approximate surface area is 168 Å². The predicted octanol–water partition coefficient (Wildman–Crippen LogP) is 4.76. The first-order valence-electron chi connectivity index (χ1n) is 9.24. The molecule has 0 radical (unpaired) electrons. The molecule has 4 nitrogen and oxygen atoms in total. The topological polar surface area (TPSA) is 49.8 Å². The lowest BCUT2D eigenvalue weighted by Gasteiger charge is -2.24. The number of hydrogen-bond acceptors (Lipinski definition) is 3. The molecular weight excluding hydrogens is 376 g/mol. The zero-order valence-electron chi connectivity index (χ0n) is 16.6. The van der Waals surface area contributed by atoms with E-state index in [-0.39, 0.29) is 18.9 Å². The highest BCUT2D eigenvalue weighted by molar-refractivity contribution is 5.99. The Morgan fingerprint density at radius 1 is 1.17 bits per heavy atom. The van der Waals surface area contributed by atoms with Crippen LogP contribution in [0.2, 0.25) is 0 Å². The number of aryl methyl sites for hydroxylation is 1. The quantitative estimate of drug-likeness (QED) is 0.789. The van der Waals surface area contributed by atoms with Crippen molar-refractivity contribution in [1.29, 1.82) is 0 Å². The number of halogens is 2. The second-order valence-corrected chi connectivity index (χ2v) is 7.70. The van der Waals surface area contributed by atoms with Gasteiger partial charge in [0, 0.05) is 11.9 Å². The van der Waals surface area contributed by atoms with Gasteiger partial charge in [-0.05, 0) is 73.9 Å². The molecule has 1 amide bonds. The summed E-state index contributed by atoms with van der Waals surface area (Å²) in [6.45, 7) is 5.36. The third-order valence-electron chi connectivity index (χ3n) is 4.38. The maximum atomic E-state index is 13.4. The fraction of sp³-hybridized carbons (Fsp3) is 0.261. The Bertz CT molecular complexity index is 990. The minimum absolute atomic E-state index is 0.133. The number of anilines is 1. The maximum Gasteiger partial charge on any atom is 0.235 e. The number of hydrogen-bond donors (Lipinski definition) is 1. The van der Waals surface area contributed by atoms with E-state index < -0.39 is 17.2 Å². The smallest absolute Gasteiger partial charge is 0.235 e. The highest BCUT2D eigenvalue weighted by Crippen LogP contribution is 2.29. The van der Waals surface area contributed by atoms with Crippen molar-refractivity contribution < 1.29 is 23.4 Å². The monoisotopic (exact) mass is 399 g/mol. The van der Waals surface area contributed by atoms with Crippen molar-refractivity contribution in [2.75, 3.05) is 11.5 Å². The fourth-order valence-electron chi connectivity index (χ4n) is 2.92. The van der Waals surface area contributed by atoms with Crippen LogP contribution in [-0.2, 0) is 4.79 Å². The van der Waals surface area contributed by atoms with Crippen molar-refractivity contribution in [2.45, 2.75) is 32.8 Å². The Morgan fingerprint density at radius 2 is 1.93 bits per heavy atom. The van der Waals surface area contributed by atoms with Gasteiger partial charge in [0.2, 0.25) is 5.91 Å². The van der Waals surface area contributed by atoms with Crippen molar-refractivity contribution >= 4 is 17.7 Å². The third kappa shape index (κ3) is 5.29. The van der Waals surface area contributed by atoms with Gasteiger partial charge in [-0.3, -0.25) is 9.69 Å². The summed E-state index contributed by atoms with van der Waals surface area (Å²) in [5.74, 6) is -1.32. The standard InChI is InChI=1S/C23H23F2NO3/c1-15-10-18(5-7-21(15)29-14-23(2,3)28)26-9-8-17(13-22(26)27)11-16-4-6-19(24)20(25)12-16/h4-12,28H,13-14H2,1-3H3. The molecule has 0 saturated heterocycles. The third-order valence-corrected chi connectivity index (χ3v) is 4.38. The molecule has 0 fully saturated rings.